The average Bonchev–Trinajstić information content (AvgIpc) is 2.81. The highest BCUT2D eigenvalue weighted by Gasteiger charge is 2.19. The van der Waals surface area contributed by atoms with E-state index in [1.54, 1.807) is 0 Å². The summed E-state index contributed by atoms with van der Waals surface area (Å²) < 4.78 is 5.65. The van der Waals surface area contributed by atoms with Crippen molar-refractivity contribution in [3.63, 3.8) is 0 Å². The van der Waals surface area contributed by atoms with E-state index in [4.69, 9.17) is 21.4 Å². The van der Waals surface area contributed by atoms with Crippen molar-refractivity contribution >= 4 is 17.6 Å². The molecule has 0 atom stereocenters. The molecule has 0 aliphatic carbocycles. The van der Waals surface area contributed by atoms with Gasteiger partial charge in [0.15, 0.2) is 0 Å². The molecule has 0 bridgehead atoms. The van der Waals surface area contributed by atoms with Crippen LogP contribution in [0.2, 0.25) is 5.02 Å². The highest BCUT2D eigenvalue weighted by molar-refractivity contribution is 6.30. The highest BCUT2D eigenvalue weighted by Crippen LogP contribution is 2.33. The predicted molar refractivity (Wildman–Crippen MR) is 73.9 cm³/mol. The summed E-state index contributed by atoms with van der Waals surface area (Å²) in [5.41, 5.74) is 2.20. The summed E-state index contributed by atoms with van der Waals surface area (Å²) in [6, 6.07) is 3.86. The van der Waals surface area contributed by atoms with Crippen molar-refractivity contribution < 1.29 is 14.6 Å². The first-order valence-corrected chi connectivity index (χ1v) is 6.86. The quantitative estimate of drug-likeness (QED) is 0.872. The van der Waals surface area contributed by atoms with Gasteiger partial charge in [0.2, 0.25) is 0 Å². The Labute approximate surface area is 117 Å². The standard InChI is InChI=1S/C14H18ClNO3/c1-2-16(5-3-13(17)18)9-11-8-12(15)7-10-4-6-19-14(10)11/h7-8H,2-6,9H2,1H3,(H,17,18). The largest absolute Gasteiger partial charge is 0.493 e. The molecule has 0 spiro atoms. The zero-order chi connectivity index (χ0) is 13.8. The molecular weight excluding hydrogens is 266 g/mol. The molecule has 19 heavy (non-hydrogen) atoms. The number of hydrogen-bond acceptors (Lipinski definition) is 3. The summed E-state index contributed by atoms with van der Waals surface area (Å²) in [6.07, 6.45) is 1.04. The molecule has 0 aromatic heterocycles. The monoisotopic (exact) mass is 283 g/mol. The summed E-state index contributed by atoms with van der Waals surface area (Å²) in [4.78, 5) is 12.7. The van der Waals surface area contributed by atoms with Crippen LogP contribution in [-0.2, 0) is 17.8 Å². The Kier molecular flexibility index (Phi) is 4.66. The molecule has 1 aromatic carbocycles. The van der Waals surface area contributed by atoms with E-state index in [-0.39, 0.29) is 6.42 Å². The van der Waals surface area contributed by atoms with E-state index in [0.29, 0.717) is 24.7 Å². The minimum Gasteiger partial charge on any atom is -0.493 e. The van der Waals surface area contributed by atoms with Gasteiger partial charge in [0.05, 0.1) is 13.0 Å². The Morgan fingerprint density at radius 3 is 3.00 bits per heavy atom. The van der Waals surface area contributed by atoms with E-state index < -0.39 is 5.97 Å². The molecule has 0 fully saturated rings. The van der Waals surface area contributed by atoms with Crippen LogP contribution >= 0.6 is 11.6 Å². The highest BCUT2D eigenvalue weighted by atomic mass is 35.5. The topological polar surface area (TPSA) is 49.8 Å². The molecule has 4 nitrogen and oxygen atoms in total. The number of rotatable bonds is 6. The lowest BCUT2D eigenvalue weighted by Gasteiger charge is -2.21. The maximum atomic E-state index is 10.6. The lowest BCUT2D eigenvalue weighted by molar-refractivity contribution is -0.137. The second-order valence-electron chi connectivity index (χ2n) is 4.66. The number of hydrogen-bond donors (Lipinski definition) is 1. The maximum absolute atomic E-state index is 10.6. The van der Waals surface area contributed by atoms with Gasteiger partial charge < -0.3 is 9.84 Å². The van der Waals surface area contributed by atoms with E-state index in [1.807, 2.05) is 19.1 Å². The molecule has 5 heteroatoms. The number of halogens is 1. The number of aliphatic carboxylic acids is 1. The molecule has 1 N–H and O–H groups in total. The van der Waals surface area contributed by atoms with E-state index in [9.17, 15) is 4.79 Å². The fourth-order valence-corrected chi connectivity index (χ4v) is 2.57. The molecule has 0 unspecified atom stereocenters. The van der Waals surface area contributed by atoms with Crippen LogP contribution < -0.4 is 4.74 Å². The van der Waals surface area contributed by atoms with Gasteiger partial charge in [0, 0.05) is 30.1 Å². The van der Waals surface area contributed by atoms with Crippen molar-refractivity contribution in [1.82, 2.24) is 4.90 Å². The molecule has 0 amide bonds. The molecule has 104 valence electrons. The summed E-state index contributed by atoms with van der Waals surface area (Å²) in [5.74, 6) is 0.157. The van der Waals surface area contributed by atoms with Gasteiger partial charge in [0.25, 0.3) is 0 Å². The van der Waals surface area contributed by atoms with Gasteiger partial charge in [-0.3, -0.25) is 9.69 Å². The third-order valence-electron chi connectivity index (χ3n) is 3.31. The van der Waals surface area contributed by atoms with Crippen molar-refractivity contribution in [2.45, 2.75) is 26.3 Å². The fraction of sp³-hybridized carbons (Fsp3) is 0.500. The zero-order valence-corrected chi connectivity index (χ0v) is 11.7. The van der Waals surface area contributed by atoms with Crippen molar-refractivity contribution in [2.24, 2.45) is 0 Å². The number of fused-ring (bicyclic) bond motifs is 1. The van der Waals surface area contributed by atoms with Crippen LogP contribution in [0.3, 0.4) is 0 Å². The molecule has 0 saturated heterocycles. The normalized spacial score (nSPS) is 13.4. The summed E-state index contributed by atoms with van der Waals surface area (Å²) >= 11 is 6.11. The molecule has 0 saturated carbocycles. The Bertz CT molecular complexity index is 476. The minimum atomic E-state index is -0.772. The van der Waals surface area contributed by atoms with Gasteiger partial charge >= 0.3 is 5.97 Å². The number of nitrogens with zero attached hydrogens (tertiary/aromatic N) is 1. The van der Waals surface area contributed by atoms with E-state index in [1.165, 1.54) is 0 Å². The lowest BCUT2D eigenvalue weighted by Crippen LogP contribution is -2.26. The van der Waals surface area contributed by atoms with Crippen molar-refractivity contribution in [3.8, 4) is 5.75 Å². The second kappa shape index (κ2) is 6.26. The Morgan fingerprint density at radius 1 is 1.53 bits per heavy atom. The molecule has 0 radical (unpaired) electrons. The number of carboxylic acid groups (broad SMARTS) is 1. The van der Waals surface area contributed by atoms with E-state index >= 15 is 0 Å². The summed E-state index contributed by atoms with van der Waals surface area (Å²) in [5, 5.41) is 9.47. The van der Waals surface area contributed by atoms with Crippen LogP contribution in [0.1, 0.15) is 24.5 Å². The Balaban J connectivity index is 2.11. The fourth-order valence-electron chi connectivity index (χ4n) is 2.31. The lowest BCUT2D eigenvalue weighted by atomic mass is 10.1. The van der Waals surface area contributed by atoms with Crippen LogP contribution in [0, 0.1) is 0 Å². The predicted octanol–water partition coefficient (Wildman–Crippen LogP) is 2.57. The third kappa shape index (κ3) is 3.61. The van der Waals surface area contributed by atoms with Gasteiger partial charge in [-0.2, -0.15) is 0 Å². The van der Waals surface area contributed by atoms with Crippen molar-refractivity contribution in [1.29, 1.82) is 0 Å². The molecule has 1 heterocycles. The van der Waals surface area contributed by atoms with Gasteiger partial charge in [-0.25, -0.2) is 0 Å². The average molecular weight is 284 g/mol. The first-order valence-electron chi connectivity index (χ1n) is 6.48. The smallest absolute Gasteiger partial charge is 0.304 e. The number of carbonyl (C=O) groups is 1. The summed E-state index contributed by atoms with van der Waals surface area (Å²) in [7, 11) is 0. The van der Waals surface area contributed by atoms with Gasteiger partial charge in [0.1, 0.15) is 5.75 Å². The van der Waals surface area contributed by atoms with E-state index in [2.05, 4.69) is 4.90 Å². The van der Waals surface area contributed by atoms with Crippen molar-refractivity contribution in [3.05, 3.63) is 28.3 Å². The number of ether oxygens (including phenoxy) is 1. The van der Waals surface area contributed by atoms with Gasteiger partial charge in [-0.1, -0.05) is 18.5 Å². The Hall–Kier alpha value is -1.26. The minimum absolute atomic E-state index is 0.150. The first-order chi connectivity index (χ1) is 9.10. The molecule has 2 rings (SSSR count). The maximum Gasteiger partial charge on any atom is 0.304 e. The third-order valence-corrected chi connectivity index (χ3v) is 3.53. The van der Waals surface area contributed by atoms with Crippen LogP contribution in [0.15, 0.2) is 12.1 Å². The van der Waals surface area contributed by atoms with Crippen LogP contribution in [-0.4, -0.2) is 35.7 Å². The molecule has 1 aliphatic rings. The van der Waals surface area contributed by atoms with Crippen LogP contribution in [0.4, 0.5) is 0 Å². The van der Waals surface area contributed by atoms with Gasteiger partial charge in [-0.15, -0.1) is 0 Å². The zero-order valence-electron chi connectivity index (χ0n) is 11.0. The summed E-state index contributed by atoms with van der Waals surface area (Å²) in [6.45, 7) is 4.73. The van der Waals surface area contributed by atoms with E-state index in [0.717, 1.165) is 29.8 Å². The van der Waals surface area contributed by atoms with Gasteiger partial charge in [-0.05, 0) is 24.2 Å². The van der Waals surface area contributed by atoms with Crippen LogP contribution in [0.25, 0.3) is 0 Å². The Morgan fingerprint density at radius 2 is 2.32 bits per heavy atom. The number of benzene rings is 1. The first kappa shape index (κ1) is 14.2. The second-order valence-corrected chi connectivity index (χ2v) is 5.10. The molecule has 1 aliphatic heterocycles. The van der Waals surface area contributed by atoms with Crippen molar-refractivity contribution in [2.75, 3.05) is 19.7 Å². The number of carboxylic acids is 1. The molecule has 1 aromatic rings. The molecular formula is C14H18ClNO3. The van der Waals surface area contributed by atoms with Crippen LogP contribution in [0.5, 0.6) is 5.75 Å². The SMILES string of the molecule is CCN(CCC(=O)O)Cc1cc(Cl)cc2c1OCC2.